The van der Waals surface area contributed by atoms with Crippen molar-refractivity contribution >= 4 is 11.9 Å². The van der Waals surface area contributed by atoms with Gasteiger partial charge in [0.2, 0.25) is 0 Å². The molecule has 6 heteroatoms. The molecule has 12 heavy (non-hydrogen) atoms. The summed E-state index contributed by atoms with van der Waals surface area (Å²) in [4.78, 5) is 20.6. The van der Waals surface area contributed by atoms with Gasteiger partial charge >= 0.3 is 11.9 Å². The maximum atomic E-state index is 10.6. The minimum absolute atomic E-state index is 0.130. The number of ether oxygens (including phenoxy) is 1. The quantitative estimate of drug-likeness (QED) is 0.398. The van der Waals surface area contributed by atoms with Gasteiger partial charge in [-0.1, -0.05) is 0 Å². The van der Waals surface area contributed by atoms with Crippen LogP contribution in [-0.2, 0) is 14.3 Å². The van der Waals surface area contributed by atoms with Crippen molar-refractivity contribution < 1.29 is 24.5 Å². The second-order valence-corrected chi connectivity index (χ2v) is 2.49. The van der Waals surface area contributed by atoms with E-state index in [1.165, 1.54) is 0 Å². The molecule has 1 heterocycles. The Kier molecular flexibility index (Phi) is 2.61. The molecule has 2 atom stereocenters. The van der Waals surface area contributed by atoms with Gasteiger partial charge in [0.15, 0.2) is 0 Å². The zero-order valence-electron chi connectivity index (χ0n) is 6.19. The predicted octanol–water partition coefficient (Wildman–Crippen LogP) is -2.05. The van der Waals surface area contributed by atoms with Crippen LogP contribution in [0.5, 0.6) is 0 Å². The van der Waals surface area contributed by atoms with Crippen LogP contribution in [0.2, 0.25) is 0 Å². The summed E-state index contributed by atoms with van der Waals surface area (Å²) in [7, 11) is 0. The van der Waals surface area contributed by atoms with Crippen LogP contribution in [0.4, 0.5) is 0 Å². The van der Waals surface area contributed by atoms with Crippen LogP contribution in [0, 0.1) is 0 Å². The lowest BCUT2D eigenvalue weighted by Gasteiger charge is -2.11. The van der Waals surface area contributed by atoms with E-state index in [-0.39, 0.29) is 13.2 Å². The maximum Gasteiger partial charge on any atom is 0.394 e. The summed E-state index contributed by atoms with van der Waals surface area (Å²) >= 11 is 0. The summed E-state index contributed by atoms with van der Waals surface area (Å²) in [6.45, 7) is 0.282. The molecule has 0 spiro atoms. The lowest BCUT2D eigenvalue weighted by molar-refractivity contribution is -0.150. The van der Waals surface area contributed by atoms with Crippen molar-refractivity contribution in [1.82, 2.24) is 5.32 Å². The molecule has 0 saturated carbocycles. The molecule has 0 radical (unpaired) electrons. The van der Waals surface area contributed by atoms with Crippen LogP contribution in [0.1, 0.15) is 0 Å². The molecule has 1 rings (SSSR count). The molecule has 0 aromatic carbocycles. The molecule has 1 amide bonds. The topological polar surface area (TPSA) is 95.9 Å². The van der Waals surface area contributed by atoms with Crippen molar-refractivity contribution in [2.75, 3.05) is 13.2 Å². The van der Waals surface area contributed by atoms with Gasteiger partial charge in [-0.3, -0.25) is 4.79 Å². The van der Waals surface area contributed by atoms with Gasteiger partial charge in [0, 0.05) is 0 Å². The molecule has 0 aliphatic carbocycles. The maximum absolute atomic E-state index is 10.6. The first-order chi connectivity index (χ1) is 5.61. The molecule has 1 aliphatic heterocycles. The number of aliphatic hydroxyl groups excluding tert-OH is 1. The lowest BCUT2D eigenvalue weighted by Crippen LogP contribution is -2.45. The van der Waals surface area contributed by atoms with E-state index in [1.807, 2.05) is 0 Å². The Morgan fingerprint density at radius 3 is 2.50 bits per heavy atom. The molecule has 0 aromatic rings. The fourth-order valence-corrected chi connectivity index (χ4v) is 0.911. The molecule has 0 unspecified atom stereocenters. The monoisotopic (exact) mass is 175 g/mol. The Labute approximate surface area is 68.1 Å². The number of carbonyl (C=O) groups excluding carboxylic acids is 1. The summed E-state index contributed by atoms with van der Waals surface area (Å²) in [5.74, 6) is -2.68. The van der Waals surface area contributed by atoms with E-state index in [0.29, 0.717) is 0 Å². The molecule has 1 aliphatic rings. The number of nitrogens with one attached hydrogen (secondary N) is 1. The smallest absolute Gasteiger partial charge is 0.394 e. The second kappa shape index (κ2) is 3.51. The minimum Gasteiger partial charge on any atom is -0.474 e. The van der Waals surface area contributed by atoms with E-state index in [9.17, 15) is 9.59 Å². The van der Waals surface area contributed by atoms with Crippen molar-refractivity contribution in [2.45, 2.75) is 12.1 Å². The molecule has 1 saturated heterocycles. The summed E-state index contributed by atoms with van der Waals surface area (Å²) in [5, 5.41) is 19.4. The fourth-order valence-electron chi connectivity index (χ4n) is 0.911. The third kappa shape index (κ3) is 1.93. The van der Waals surface area contributed by atoms with E-state index >= 15 is 0 Å². The molecular weight excluding hydrogens is 166 g/mol. The zero-order valence-corrected chi connectivity index (χ0v) is 6.19. The van der Waals surface area contributed by atoms with E-state index < -0.39 is 24.0 Å². The van der Waals surface area contributed by atoms with Gasteiger partial charge in [-0.15, -0.1) is 0 Å². The van der Waals surface area contributed by atoms with Gasteiger partial charge in [-0.05, 0) is 0 Å². The third-order valence-corrected chi connectivity index (χ3v) is 1.56. The molecule has 0 aromatic heterocycles. The molecule has 0 bridgehead atoms. The summed E-state index contributed by atoms with van der Waals surface area (Å²) in [6, 6.07) is -0.603. The summed E-state index contributed by atoms with van der Waals surface area (Å²) in [6.07, 6.45) is -0.812. The Balaban J connectivity index is 2.40. The van der Waals surface area contributed by atoms with Crippen LogP contribution in [-0.4, -0.2) is 47.4 Å². The SMILES string of the molecule is O=C(O)C(=O)N[C@@H]1COC[C@H]1O. The molecule has 6 nitrogen and oxygen atoms in total. The number of aliphatic hydroxyl groups is 1. The Morgan fingerprint density at radius 1 is 1.42 bits per heavy atom. The van der Waals surface area contributed by atoms with Crippen molar-refractivity contribution in [3.05, 3.63) is 0 Å². The number of hydrogen-bond donors (Lipinski definition) is 3. The normalized spacial score (nSPS) is 28.4. The average molecular weight is 175 g/mol. The molecule has 3 N–H and O–H groups in total. The van der Waals surface area contributed by atoms with Crippen molar-refractivity contribution in [1.29, 1.82) is 0 Å². The number of aliphatic carboxylic acids is 1. The van der Waals surface area contributed by atoms with Gasteiger partial charge in [0.1, 0.15) is 0 Å². The second-order valence-electron chi connectivity index (χ2n) is 2.49. The van der Waals surface area contributed by atoms with Gasteiger partial charge in [0.05, 0.1) is 25.4 Å². The van der Waals surface area contributed by atoms with Gasteiger partial charge in [0.25, 0.3) is 0 Å². The van der Waals surface area contributed by atoms with Crippen LogP contribution in [0.15, 0.2) is 0 Å². The van der Waals surface area contributed by atoms with E-state index in [0.717, 1.165) is 0 Å². The number of hydrogen-bond acceptors (Lipinski definition) is 4. The summed E-state index contributed by atoms with van der Waals surface area (Å²) in [5.41, 5.74) is 0. The Morgan fingerprint density at radius 2 is 2.08 bits per heavy atom. The third-order valence-electron chi connectivity index (χ3n) is 1.56. The highest BCUT2D eigenvalue weighted by molar-refractivity contribution is 6.31. The van der Waals surface area contributed by atoms with Crippen molar-refractivity contribution in [2.24, 2.45) is 0 Å². The lowest BCUT2D eigenvalue weighted by atomic mass is 10.2. The van der Waals surface area contributed by atoms with Gasteiger partial charge in [-0.25, -0.2) is 4.79 Å². The highest BCUT2D eigenvalue weighted by Crippen LogP contribution is 2.04. The van der Waals surface area contributed by atoms with E-state index in [2.05, 4.69) is 5.32 Å². The Bertz CT molecular complexity index is 204. The highest BCUT2D eigenvalue weighted by Gasteiger charge is 2.29. The standard InChI is InChI=1S/C6H9NO5/c8-4-2-12-1-3(4)7-5(9)6(10)11/h3-4,8H,1-2H2,(H,7,9)(H,10,11)/t3-,4-/m1/s1. The number of rotatable bonds is 1. The Hall–Kier alpha value is -1.14. The number of amides is 1. The molecule has 68 valence electrons. The minimum atomic E-state index is -1.56. The number of carbonyl (C=O) groups is 2. The zero-order chi connectivity index (χ0) is 9.14. The van der Waals surface area contributed by atoms with Crippen molar-refractivity contribution in [3.8, 4) is 0 Å². The summed E-state index contributed by atoms with van der Waals surface area (Å²) < 4.78 is 4.79. The molecule has 1 fully saturated rings. The van der Waals surface area contributed by atoms with Crippen molar-refractivity contribution in [3.63, 3.8) is 0 Å². The highest BCUT2D eigenvalue weighted by atomic mass is 16.5. The van der Waals surface area contributed by atoms with Crippen LogP contribution in [0.25, 0.3) is 0 Å². The van der Waals surface area contributed by atoms with Crippen LogP contribution >= 0.6 is 0 Å². The average Bonchev–Trinajstić information content (AvgIpc) is 2.36. The fraction of sp³-hybridized carbons (Fsp3) is 0.667. The number of carboxylic acids is 1. The van der Waals surface area contributed by atoms with E-state index in [4.69, 9.17) is 14.9 Å². The first-order valence-electron chi connectivity index (χ1n) is 3.41. The van der Waals surface area contributed by atoms with E-state index in [1.54, 1.807) is 0 Å². The number of carboxylic acid groups (broad SMARTS) is 1. The van der Waals surface area contributed by atoms with Gasteiger partial charge in [-0.2, -0.15) is 0 Å². The first-order valence-corrected chi connectivity index (χ1v) is 3.41. The largest absolute Gasteiger partial charge is 0.474 e. The van der Waals surface area contributed by atoms with Gasteiger partial charge < -0.3 is 20.3 Å². The first kappa shape index (κ1) is 8.95. The van der Waals surface area contributed by atoms with Crippen LogP contribution in [0.3, 0.4) is 0 Å². The van der Waals surface area contributed by atoms with Crippen LogP contribution < -0.4 is 5.32 Å². The molecular formula is C6H9NO5. The predicted molar refractivity (Wildman–Crippen MR) is 36.4 cm³/mol.